The van der Waals surface area contributed by atoms with Crippen LogP contribution in [-0.4, -0.2) is 41.7 Å². The Balaban J connectivity index is 2.14. The summed E-state index contributed by atoms with van der Waals surface area (Å²) in [5, 5.41) is 15.4. The van der Waals surface area contributed by atoms with Gasteiger partial charge in [0.25, 0.3) is 11.5 Å². The third-order valence-electron chi connectivity index (χ3n) is 4.32. The van der Waals surface area contributed by atoms with E-state index < -0.39 is 24.0 Å². The highest BCUT2D eigenvalue weighted by molar-refractivity contribution is 5.94. The van der Waals surface area contributed by atoms with Gasteiger partial charge in [0.2, 0.25) is 0 Å². The fraction of sp³-hybridized carbons (Fsp3) is 0.389. The average Bonchev–Trinajstić information content (AvgIpc) is 3.46. The van der Waals surface area contributed by atoms with Crippen molar-refractivity contribution >= 4 is 5.91 Å². The van der Waals surface area contributed by atoms with Crippen molar-refractivity contribution in [3.8, 4) is 22.8 Å². The largest absolute Gasteiger partial charge is 0.493 e. The number of halogens is 1. The van der Waals surface area contributed by atoms with Gasteiger partial charge in [0.1, 0.15) is 12.3 Å². The molecular weight excluding hydrogens is 357 g/mol. The summed E-state index contributed by atoms with van der Waals surface area (Å²) in [6.45, 7) is -0.231. The number of benzene rings is 1. The summed E-state index contributed by atoms with van der Waals surface area (Å²) in [5.74, 6) is -0.936. The van der Waals surface area contributed by atoms with Crippen LogP contribution in [0.2, 0.25) is 0 Å². The first kappa shape index (κ1) is 18.8. The number of aliphatic hydroxyl groups excluding tert-OH is 1. The van der Waals surface area contributed by atoms with E-state index in [0.29, 0.717) is 18.0 Å². The fourth-order valence-electron chi connectivity index (χ4n) is 2.75. The van der Waals surface area contributed by atoms with Gasteiger partial charge in [0, 0.05) is 12.1 Å². The second-order valence-corrected chi connectivity index (χ2v) is 6.23. The SMILES string of the molecule is COc1cc(-c2cc(C(=O)NCO)c(=O)n(CC3CC3)n2)cc(F)c1OC. The topological polar surface area (TPSA) is 103 Å². The first-order chi connectivity index (χ1) is 13.0. The number of aliphatic hydroxyl groups is 1. The van der Waals surface area contributed by atoms with Crippen LogP contribution in [0.5, 0.6) is 11.5 Å². The lowest BCUT2D eigenvalue weighted by atomic mass is 10.1. The molecule has 0 spiro atoms. The van der Waals surface area contributed by atoms with Crippen molar-refractivity contribution in [1.82, 2.24) is 15.1 Å². The molecule has 0 unspecified atom stereocenters. The minimum absolute atomic E-state index is 0.0502. The van der Waals surface area contributed by atoms with Gasteiger partial charge in [-0.05, 0) is 37.0 Å². The molecule has 0 aliphatic heterocycles. The maximum absolute atomic E-state index is 14.3. The molecule has 1 aliphatic carbocycles. The normalized spacial score (nSPS) is 13.3. The van der Waals surface area contributed by atoms with Crippen LogP contribution >= 0.6 is 0 Å². The van der Waals surface area contributed by atoms with Gasteiger partial charge >= 0.3 is 0 Å². The molecule has 2 aromatic rings. The molecule has 1 aromatic heterocycles. The summed E-state index contributed by atoms with van der Waals surface area (Å²) in [4.78, 5) is 24.7. The standard InChI is InChI=1S/C18H20FN3O5/c1-26-15-6-11(5-13(19)16(15)27-2)14-7-12(17(24)20-9-23)18(25)22(21-14)8-10-3-4-10/h5-7,10,23H,3-4,8-9H2,1-2H3,(H,20,24). The summed E-state index contributed by atoms with van der Waals surface area (Å²) >= 11 is 0. The fourth-order valence-corrected chi connectivity index (χ4v) is 2.75. The summed E-state index contributed by atoms with van der Waals surface area (Å²) in [6.07, 6.45) is 1.98. The van der Waals surface area contributed by atoms with Crippen LogP contribution in [0.1, 0.15) is 23.2 Å². The second-order valence-electron chi connectivity index (χ2n) is 6.23. The molecule has 1 amide bonds. The Labute approximate surface area is 154 Å². The van der Waals surface area contributed by atoms with Crippen LogP contribution in [0.3, 0.4) is 0 Å². The molecule has 1 heterocycles. The Bertz CT molecular complexity index is 924. The lowest BCUT2D eigenvalue weighted by Gasteiger charge is -2.13. The number of carbonyl (C=O) groups is 1. The Hall–Kier alpha value is -2.94. The predicted octanol–water partition coefficient (Wildman–Crippen LogP) is 1.16. The molecule has 1 saturated carbocycles. The Morgan fingerprint density at radius 3 is 2.67 bits per heavy atom. The smallest absolute Gasteiger partial charge is 0.279 e. The van der Waals surface area contributed by atoms with Crippen molar-refractivity contribution in [2.75, 3.05) is 21.0 Å². The number of rotatable bonds is 7. The van der Waals surface area contributed by atoms with Crippen molar-refractivity contribution in [1.29, 1.82) is 0 Å². The van der Waals surface area contributed by atoms with Gasteiger partial charge in [-0.25, -0.2) is 9.07 Å². The number of carbonyl (C=O) groups excluding carboxylic acids is 1. The van der Waals surface area contributed by atoms with E-state index in [-0.39, 0.29) is 22.8 Å². The minimum Gasteiger partial charge on any atom is -0.493 e. The summed E-state index contributed by atoms with van der Waals surface area (Å²) < 4.78 is 25.7. The molecule has 2 N–H and O–H groups in total. The minimum atomic E-state index is -0.725. The van der Waals surface area contributed by atoms with E-state index in [1.54, 1.807) is 0 Å². The van der Waals surface area contributed by atoms with E-state index >= 15 is 0 Å². The third-order valence-corrected chi connectivity index (χ3v) is 4.32. The molecule has 0 saturated heterocycles. The lowest BCUT2D eigenvalue weighted by Crippen LogP contribution is -2.35. The van der Waals surface area contributed by atoms with Crippen molar-refractivity contribution in [2.45, 2.75) is 19.4 Å². The van der Waals surface area contributed by atoms with Gasteiger partial charge in [-0.15, -0.1) is 0 Å². The first-order valence-corrected chi connectivity index (χ1v) is 8.41. The van der Waals surface area contributed by atoms with Gasteiger partial charge in [-0.3, -0.25) is 9.59 Å². The highest BCUT2D eigenvalue weighted by Crippen LogP contribution is 2.35. The maximum Gasteiger partial charge on any atom is 0.279 e. The Morgan fingerprint density at radius 1 is 1.33 bits per heavy atom. The zero-order valence-electron chi connectivity index (χ0n) is 15.0. The molecule has 144 valence electrons. The molecule has 0 atom stereocenters. The second kappa shape index (κ2) is 7.75. The van der Waals surface area contributed by atoms with Crippen molar-refractivity contribution < 1.29 is 23.8 Å². The molecule has 1 fully saturated rings. The summed E-state index contributed by atoms with van der Waals surface area (Å²) in [5.41, 5.74) is -0.173. The van der Waals surface area contributed by atoms with E-state index in [1.807, 2.05) is 0 Å². The average molecular weight is 377 g/mol. The van der Waals surface area contributed by atoms with Gasteiger partial charge in [0.05, 0.1) is 19.9 Å². The summed E-state index contributed by atoms with van der Waals surface area (Å²) in [7, 11) is 2.70. The van der Waals surface area contributed by atoms with Crippen LogP contribution in [0.15, 0.2) is 23.0 Å². The van der Waals surface area contributed by atoms with Crippen molar-refractivity contribution in [3.05, 3.63) is 39.9 Å². The first-order valence-electron chi connectivity index (χ1n) is 8.41. The molecule has 1 aromatic carbocycles. The van der Waals surface area contributed by atoms with Gasteiger partial charge in [-0.1, -0.05) is 0 Å². The quantitative estimate of drug-likeness (QED) is 0.702. The van der Waals surface area contributed by atoms with Crippen LogP contribution in [0.4, 0.5) is 4.39 Å². The number of nitrogens with one attached hydrogen (secondary N) is 1. The number of hydrogen-bond acceptors (Lipinski definition) is 6. The highest BCUT2D eigenvalue weighted by atomic mass is 19.1. The number of methoxy groups -OCH3 is 2. The lowest BCUT2D eigenvalue weighted by molar-refractivity contribution is 0.0907. The third kappa shape index (κ3) is 3.92. The van der Waals surface area contributed by atoms with Crippen molar-refractivity contribution in [2.24, 2.45) is 5.92 Å². The zero-order valence-corrected chi connectivity index (χ0v) is 15.0. The zero-order chi connectivity index (χ0) is 19.6. The van der Waals surface area contributed by atoms with E-state index in [0.717, 1.165) is 12.8 Å². The van der Waals surface area contributed by atoms with Crippen LogP contribution < -0.4 is 20.3 Å². The number of ether oxygens (including phenoxy) is 2. The van der Waals surface area contributed by atoms with Gasteiger partial charge in [-0.2, -0.15) is 5.10 Å². The number of hydrogen-bond donors (Lipinski definition) is 2. The molecule has 9 heteroatoms. The number of amides is 1. The van der Waals surface area contributed by atoms with E-state index in [9.17, 15) is 14.0 Å². The molecule has 0 bridgehead atoms. The predicted molar refractivity (Wildman–Crippen MR) is 94.3 cm³/mol. The monoisotopic (exact) mass is 377 g/mol. The van der Waals surface area contributed by atoms with Crippen LogP contribution in [-0.2, 0) is 6.54 Å². The number of aromatic nitrogens is 2. The molecule has 8 nitrogen and oxygen atoms in total. The molecule has 1 aliphatic rings. The highest BCUT2D eigenvalue weighted by Gasteiger charge is 2.25. The Kier molecular flexibility index (Phi) is 5.41. The maximum atomic E-state index is 14.3. The van der Waals surface area contributed by atoms with Gasteiger partial charge < -0.3 is 19.9 Å². The van der Waals surface area contributed by atoms with E-state index in [1.165, 1.54) is 37.1 Å². The van der Waals surface area contributed by atoms with E-state index in [4.69, 9.17) is 14.6 Å². The molecule has 0 radical (unpaired) electrons. The molecule has 3 rings (SSSR count). The Morgan fingerprint density at radius 2 is 2.07 bits per heavy atom. The van der Waals surface area contributed by atoms with Crippen LogP contribution in [0.25, 0.3) is 11.3 Å². The number of nitrogens with zero attached hydrogens (tertiary/aromatic N) is 2. The van der Waals surface area contributed by atoms with Crippen molar-refractivity contribution in [3.63, 3.8) is 0 Å². The summed E-state index contributed by atoms with van der Waals surface area (Å²) in [6, 6.07) is 3.99. The molecule has 27 heavy (non-hydrogen) atoms. The molecular formula is C18H20FN3O5. The van der Waals surface area contributed by atoms with Crippen LogP contribution in [0, 0.1) is 11.7 Å². The van der Waals surface area contributed by atoms with Gasteiger partial charge in [0.15, 0.2) is 17.3 Å². The van der Waals surface area contributed by atoms with E-state index in [2.05, 4.69) is 10.4 Å².